The number of hydrogen-bond donors (Lipinski definition) is 0. The first-order valence-electron chi connectivity index (χ1n) is 9.33. The number of carbonyl (C=O) groups is 1. The van der Waals surface area contributed by atoms with Crippen molar-refractivity contribution in [1.29, 1.82) is 0 Å². The second kappa shape index (κ2) is 8.57. The van der Waals surface area contributed by atoms with Gasteiger partial charge in [-0.25, -0.2) is 9.18 Å². The van der Waals surface area contributed by atoms with Crippen molar-refractivity contribution in [3.8, 4) is 11.5 Å². The molecule has 0 saturated carbocycles. The summed E-state index contributed by atoms with van der Waals surface area (Å²) in [4.78, 5) is 26.9. The Labute approximate surface area is 171 Å². The van der Waals surface area contributed by atoms with Gasteiger partial charge in [-0.05, 0) is 42.0 Å². The summed E-state index contributed by atoms with van der Waals surface area (Å²) < 4.78 is 19.2. The summed E-state index contributed by atoms with van der Waals surface area (Å²) in [5.41, 5.74) is 2.11. The molecule has 30 heavy (non-hydrogen) atoms. The second-order valence-corrected chi connectivity index (χ2v) is 6.64. The first kappa shape index (κ1) is 19.3. The molecule has 6 nitrogen and oxygen atoms in total. The van der Waals surface area contributed by atoms with Crippen LogP contribution in [-0.2, 0) is 17.9 Å². The lowest BCUT2D eigenvalue weighted by Crippen LogP contribution is -2.35. The van der Waals surface area contributed by atoms with E-state index in [9.17, 15) is 14.0 Å². The van der Waals surface area contributed by atoms with Crippen molar-refractivity contribution in [2.24, 2.45) is 0 Å². The zero-order valence-corrected chi connectivity index (χ0v) is 15.9. The third kappa shape index (κ3) is 4.35. The van der Waals surface area contributed by atoms with Crippen molar-refractivity contribution in [2.75, 3.05) is 4.90 Å². The van der Waals surface area contributed by atoms with Gasteiger partial charge in [-0.1, -0.05) is 48.5 Å². The third-order valence-corrected chi connectivity index (χ3v) is 4.53. The summed E-state index contributed by atoms with van der Waals surface area (Å²) in [6.45, 7) is 0.0619. The highest BCUT2D eigenvalue weighted by Crippen LogP contribution is 2.19. The Bertz CT molecular complexity index is 1190. The van der Waals surface area contributed by atoms with Gasteiger partial charge >= 0.3 is 5.76 Å². The molecule has 0 fully saturated rings. The predicted molar refractivity (Wildman–Crippen MR) is 110 cm³/mol. The number of benzene rings is 3. The van der Waals surface area contributed by atoms with Gasteiger partial charge in [0.05, 0.1) is 6.54 Å². The molecular formula is C23H18FN3O3. The van der Waals surface area contributed by atoms with E-state index in [-0.39, 0.29) is 18.3 Å². The van der Waals surface area contributed by atoms with Gasteiger partial charge in [0.25, 0.3) is 0 Å². The van der Waals surface area contributed by atoms with E-state index in [1.165, 1.54) is 24.3 Å². The molecule has 1 amide bonds. The van der Waals surface area contributed by atoms with Crippen LogP contribution in [0.4, 0.5) is 10.1 Å². The van der Waals surface area contributed by atoms with Crippen LogP contribution in [0, 0.1) is 5.82 Å². The molecule has 0 atom stereocenters. The maximum atomic E-state index is 13.1. The van der Waals surface area contributed by atoms with Crippen LogP contribution in [0.25, 0.3) is 11.5 Å². The molecule has 1 heterocycles. The Balaban J connectivity index is 1.59. The van der Waals surface area contributed by atoms with Gasteiger partial charge in [-0.3, -0.25) is 4.79 Å². The van der Waals surface area contributed by atoms with Gasteiger partial charge in [-0.2, -0.15) is 4.68 Å². The van der Waals surface area contributed by atoms with E-state index in [0.29, 0.717) is 17.8 Å². The molecule has 0 bridgehead atoms. The zero-order chi connectivity index (χ0) is 20.9. The van der Waals surface area contributed by atoms with Crippen molar-refractivity contribution in [3.63, 3.8) is 0 Å². The Morgan fingerprint density at radius 2 is 1.57 bits per heavy atom. The van der Waals surface area contributed by atoms with Crippen molar-refractivity contribution in [2.45, 2.75) is 13.1 Å². The van der Waals surface area contributed by atoms with Gasteiger partial charge < -0.3 is 9.32 Å². The maximum Gasteiger partial charge on any atom is 0.437 e. The summed E-state index contributed by atoms with van der Waals surface area (Å²) in [6, 6.07) is 24.2. The van der Waals surface area contributed by atoms with Crippen LogP contribution in [0.2, 0.25) is 0 Å². The molecule has 0 unspecified atom stereocenters. The smallest absolute Gasteiger partial charge is 0.388 e. The molecule has 0 radical (unpaired) electrons. The molecule has 4 aromatic rings. The van der Waals surface area contributed by atoms with Crippen LogP contribution in [0.5, 0.6) is 0 Å². The first-order valence-corrected chi connectivity index (χ1v) is 9.33. The summed E-state index contributed by atoms with van der Waals surface area (Å²) >= 11 is 0. The summed E-state index contributed by atoms with van der Waals surface area (Å²) in [5, 5.41) is 4.10. The fraction of sp³-hybridized carbons (Fsp3) is 0.0870. The summed E-state index contributed by atoms with van der Waals surface area (Å²) in [5.74, 6) is -1.45. The lowest BCUT2D eigenvalue weighted by atomic mass is 10.2. The third-order valence-electron chi connectivity index (χ3n) is 4.53. The quantitative estimate of drug-likeness (QED) is 0.490. The average Bonchev–Trinajstić information content (AvgIpc) is 3.14. The molecule has 3 aromatic carbocycles. The van der Waals surface area contributed by atoms with Crippen molar-refractivity contribution in [3.05, 3.63) is 107 Å². The molecule has 0 aliphatic carbocycles. The summed E-state index contributed by atoms with van der Waals surface area (Å²) in [7, 11) is 0. The van der Waals surface area contributed by atoms with Gasteiger partial charge in [0.2, 0.25) is 11.8 Å². The average molecular weight is 403 g/mol. The van der Waals surface area contributed by atoms with Crippen LogP contribution in [0.1, 0.15) is 5.56 Å². The standard InChI is InChI=1S/C23H18FN3O3/c24-19-13-11-18(12-14-19)22-25-27(23(29)30-22)16-21(28)26(20-9-5-2-6-10-20)15-17-7-3-1-4-8-17/h1-14H,15-16H2. The molecular weight excluding hydrogens is 385 g/mol. The van der Waals surface area contributed by atoms with Crippen LogP contribution in [0.3, 0.4) is 0 Å². The van der Waals surface area contributed by atoms with Gasteiger partial charge in [0.1, 0.15) is 12.4 Å². The first-order chi connectivity index (χ1) is 14.6. The lowest BCUT2D eigenvalue weighted by Gasteiger charge is -2.22. The van der Waals surface area contributed by atoms with Crippen LogP contribution >= 0.6 is 0 Å². The van der Waals surface area contributed by atoms with E-state index < -0.39 is 11.6 Å². The normalized spacial score (nSPS) is 10.7. The number of anilines is 1. The topological polar surface area (TPSA) is 68.3 Å². The van der Waals surface area contributed by atoms with E-state index >= 15 is 0 Å². The van der Waals surface area contributed by atoms with Crippen molar-refractivity contribution < 1.29 is 13.6 Å². The van der Waals surface area contributed by atoms with Crippen molar-refractivity contribution in [1.82, 2.24) is 9.78 Å². The van der Waals surface area contributed by atoms with Gasteiger partial charge in [0, 0.05) is 11.3 Å². The molecule has 1 aromatic heterocycles. The van der Waals surface area contributed by atoms with Crippen LogP contribution < -0.4 is 10.7 Å². The SMILES string of the molecule is O=C(Cn1nc(-c2ccc(F)cc2)oc1=O)N(Cc1ccccc1)c1ccccc1. The molecule has 0 saturated heterocycles. The summed E-state index contributed by atoms with van der Waals surface area (Å²) in [6.07, 6.45) is 0. The monoisotopic (exact) mass is 403 g/mol. The predicted octanol–water partition coefficient (Wildman–Crippen LogP) is 3.88. The molecule has 4 rings (SSSR count). The van der Waals surface area contributed by atoms with E-state index in [2.05, 4.69) is 5.10 Å². The molecule has 150 valence electrons. The Hall–Kier alpha value is -4.00. The zero-order valence-electron chi connectivity index (χ0n) is 15.9. The van der Waals surface area contributed by atoms with Crippen molar-refractivity contribution >= 4 is 11.6 Å². The number of carbonyl (C=O) groups excluding carboxylic acids is 1. The van der Waals surface area contributed by atoms with E-state index in [0.717, 1.165) is 10.2 Å². The van der Waals surface area contributed by atoms with Crippen LogP contribution in [0.15, 0.2) is 94.1 Å². The number of para-hydroxylation sites is 1. The minimum atomic E-state index is -0.754. The molecule has 7 heteroatoms. The Morgan fingerprint density at radius 3 is 2.23 bits per heavy atom. The van der Waals surface area contributed by atoms with Gasteiger partial charge in [0.15, 0.2) is 0 Å². The Morgan fingerprint density at radius 1 is 0.933 bits per heavy atom. The fourth-order valence-electron chi connectivity index (χ4n) is 3.03. The minimum Gasteiger partial charge on any atom is -0.388 e. The number of nitrogens with zero attached hydrogens (tertiary/aromatic N) is 3. The fourth-order valence-corrected chi connectivity index (χ4v) is 3.03. The second-order valence-electron chi connectivity index (χ2n) is 6.64. The highest BCUT2D eigenvalue weighted by atomic mass is 19.1. The Kier molecular flexibility index (Phi) is 5.52. The van der Waals surface area contributed by atoms with Crippen LogP contribution in [-0.4, -0.2) is 15.7 Å². The van der Waals surface area contributed by atoms with E-state index in [1.54, 1.807) is 4.90 Å². The number of aromatic nitrogens is 2. The maximum absolute atomic E-state index is 13.1. The molecule has 0 aliphatic rings. The van der Waals surface area contributed by atoms with E-state index in [1.807, 2.05) is 60.7 Å². The number of halogens is 1. The minimum absolute atomic E-state index is 0.0297. The molecule has 0 aliphatic heterocycles. The lowest BCUT2D eigenvalue weighted by molar-refractivity contribution is -0.119. The highest BCUT2D eigenvalue weighted by Gasteiger charge is 2.20. The molecule has 0 N–H and O–H groups in total. The number of rotatable bonds is 6. The highest BCUT2D eigenvalue weighted by molar-refractivity contribution is 5.93. The largest absolute Gasteiger partial charge is 0.437 e. The molecule has 0 spiro atoms. The number of hydrogen-bond acceptors (Lipinski definition) is 4. The number of amides is 1. The van der Waals surface area contributed by atoms with Gasteiger partial charge in [-0.15, -0.1) is 5.10 Å². The van der Waals surface area contributed by atoms with E-state index in [4.69, 9.17) is 4.42 Å².